The number of rotatable bonds is 10. The van der Waals surface area contributed by atoms with Gasteiger partial charge in [0.25, 0.3) is 0 Å². The molecule has 162 valence electrons. The van der Waals surface area contributed by atoms with E-state index in [2.05, 4.69) is 20.8 Å². The molecule has 0 saturated carbocycles. The smallest absolute Gasteiger partial charge is 0.234 e. The zero-order valence-corrected chi connectivity index (χ0v) is 18.3. The van der Waals surface area contributed by atoms with Crippen molar-refractivity contribution in [3.8, 4) is 5.75 Å². The Hall–Kier alpha value is -3.33. The number of nitrogens with one attached hydrogen (secondary N) is 2. The van der Waals surface area contributed by atoms with E-state index in [-0.39, 0.29) is 24.0 Å². The molecule has 9 heteroatoms. The van der Waals surface area contributed by atoms with Crippen LogP contribution in [0, 0.1) is 0 Å². The molecule has 0 aliphatic carbocycles. The van der Waals surface area contributed by atoms with Gasteiger partial charge in [0.05, 0.1) is 18.8 Å². The monoisotopic (exact) mass is 439 g/mol. The number of carbonyl (C=O) groups excluding carboxylic acids is 2. The maximum absolute atomic E-state index is 12.4. The van der Waals surface area contributed by atoms with Gasteiger partial charge in [-0.1, -0.05) is 30.0 Å². The first kappa shape index (κ1) is 22.4. The third-order valence-electron chi connectivity index (χ3n) is 4.27. The number of amides is 2. The van der Waals surface area contributed by atoms with Gasteiger partial charge in [-0.15, -0.1) is 10.2 Å². The van der Waals surface area contributed by atoms with Gasteiger partial charge in [0.15, 0.2) is 5.16 Å². The third kappa shape index (κ3) is 6.58. The van der Waals surface area contributed by atoms with Crippen molar-refractivity contribution in [3.05, 3.63) is 60.4 Å². The standard InChI is InChI=1S/C22H25N5O3S/c1-3-27-19(14-20(28)23-17-10-12-18(13-11-17)30-4-2)25-26-22(27)31-15-21(29)24-16-8-6-5-7-9-16/h5-13H,3-4,14-15H2,1-2H3,(H,23,28)(H,24,29). The van der Waals surface area contributed by atoms with Gasteiger partial charge < -0.3 is 19.9 Å². The summed E-state index contributed by atoms with van der Waals surface area (Å²) in [7, 11) is 0. The Morgan fingerprint density at radius 1 is 0.935 bits per heavy atom. The Labute approximate surface area is 185 Å². The summed E-state index contributed by atoms with van der Waals surface area (Å²) >= 11 is 1.29. The quantitative estimate of drug-likeness (QED) is 0.468. The van der Waals surface area contributed by atoms with Crippen molar-refractivity contribution in [2.24, 2.45) is 0 Å². The second-order valence-electron chi connectivity index (χ2n) is 6.53. The summed E-state index contributed by atoms with van der Waals surface area (Å²) in [4.78, 5) is 24.6. The fraction of sp³-hybridized carbons (Fsp3) is 0.273. The van der Waals surface area contributed by atoms with E-state index in [1.165, 1.54) is 11.8 Å². The van der Waals surface area contributed by atoms with Gasteiger partial charge in [0.2, 0.25) is 11.8 Å². The number of thioether (sulfide) groups is 1. The lowest BCUT2D eigenvalue weighted by Gasteiger charge is -2.09. The molecule has 2 N–H and O–H groups in total. The topological polar surface area (TPSA) is 98.1 Å². The average molecular weight is 440 g/mol. The van der Waals surface area contributed by atoms with Gasteiger partial charge >= 0.3 is 0 Å². The summed E-state index contributed by atoms with van der Waals surface area (Å²) in [6.07, 6.45) is 0.0881. The van der Waals surface area contributed by atoms with Crippen molar-refractivity contribution >= 4 is 35.0 Å². The largest absolute Gasteiger partial charge is 0.494 e. The number of anilines is 2. The highest BCUT2D eigenvalue weighted by Gasteiger charge is 2.16. The maximum Gasteiger partial charge on any atom is 0.234 e. The summed E-state index contributed by atoms with van der Waals surface area (Å²) < 4.78 is 7.25. The van der Waals surface area contributed by atoms with E-state index in [1.54, 1.807) is 12.1 Å². The molecule has 0 bridgehead atoms. The SMILES string of the molecule is CCOc1ccc(NC(=O)Cc2nnc(SCC(=O)Nc3ccccc3)n2CC)cc1. The molecule has 0 aliphatic rings. The van der Waals surface area contributed by atoms with Crippen molar-refractivity contribution < 1.29 is 14.3 Å². The van der Waals surface area contributed by atoms with Crippen LogP contribution in [0.15, 0.2) is 59.8 Å². The van der Waals surface area contributed by atoms with Gasteiger partial charge in [-0.2, -0.15) is 0 Å². The van der Waals surface area contributed by atoms with Crippen molar-refractivity contribution in [1.82, 2.24) is 14.8 Å². The van der Waals surface area contributed by atoms with E-state index >= 15 is 0 Å². The summed E-state index contributed by atoms with van der Waals surface area (Å²) in [5.41, 5.74) is 1.43. The van der Waals surface area contributed by atoms with Crippen molar-refractivity contribution in [2.75, 3.05) is 23.0 Å². The predicted molar refractivity (Wildman–Crippen MR) is 121 cm³/mol. The molecule has 0 radical (unpaired) electrons. The first-order chi connectivity index (χ1) is 15.1. The van der Waals surface area contributed by atoms with Crippen LogP contribution >= 0.6 is 11.8 Å². The molecule has 1 aromatic heterocycles. The van der Waals surface area contributed by atoms with Crippen LogP contribution in [-0.4, -0.2) is 38.9 Å². The van der Waals surface area contributed by atoms with Gasteiger partial charge in [-0.25, -0.2) is 0 Å². The Morgan fingerprint density at radius 2 is 1.61 bits per heavy atom. The lowest BCUT2D eigenvalue weighted by molar-refractivity contribution is -0.116. The van der Waals surface area contributed by atoms with Gasteiger partial charge in [0.1, 0.15) is 11.6 Å². The van der Waals surface area contributed by atoms with Gasteiger partial charge in [0, 0.05) is 17.9 Å². The van der Waals surface area contributed by atoms with Crippen LogP contribution in [0.3, 0.4) is 0 Å². The molecule has 0 saturated heterocycles. The third-order valence-corrected chi connectivity index (χ3v) is 5.23. The second-order valence-corrected chi connectivity index (χ2v) is 7.47. The highest BCUT2D eigenvalue weighted by atomic mass is 32.2. The molecule has 3 rings (SSSR count). The molecular formula is C22H25N5O3S. The second kappa shape index (κ2) is 11.2. The van der Waals surface area contributed by atoms with E-state index in [1.807, 2.05) is 60.9 Å². The first-order valence-electron chi connectivity index (χ1n) is 10.0. The summed E-state index contributed by atoms with van der Waals surface area (Å²) in [5.74, 6) is 1.19. The van der Waals surface area contributed by atoms with Crippen molar-refractivity contribution in [2.45, 2.75) is 32.0 Å². The molecule has 0 atom stereocenters. The van der Waals surface area contributed by atoms with E-state index in [0.717, 1.165) is 11.4 Å². The normalized spacial score (nSPS) is 10.5. The lowest BCUT2D eigenvalue weighted by atomic mass is 10.3. The van der Waals surface area contributed by atoms with Gasteiger partial charge in [-0.3, -0.25) is 9.59 Å². The first-order valence-corrected chi connectivity index (χ1v) is 11.0. The molecule has 8 nitrogen and oxygen atoms in total. The summed E-state index contributed by atoms with van der Waals surface area (Å²) in [6.45, 7) is 5.06. The molecule has 0 spiro atoms. The highest BCUT2D eigenvalue weighted by Crippen LogP contribution is 2.19. The fourth-order valence-corrected chi connectivity index (χ4v) is 3.69. The van der Waals surface area contributed by atoms with Crippen LogP contribution in [0.5, 0.6) is 5.75 Å². The summed E-state index contributed by atoms with van der Waals surface area (Å²) in [5, 5.41) is 14.6. The minimum Gasteiger partial charge on any atom is -0.494 e. The van der Waals surface area contributed by atoms with E-state index in [4.69, 9.17) is 4.74 Å². The number of carbonyl (C=O) groups is 2. The molecule has 2 aromatic carbocycles. The van der Waals surface area contributed by atoms with Gasteiger partial charge in [-0.05, 0) is 50.2 Å². The number of aromatic nitrogens is 3. The average Bonchev–Trinajstić information content (AvgIpc) is 3.15. The maximum atomic E-state index is 12.4. The zero-order valence-electron chi connectivity index (χ0n) is 17.5. The van der Waals surface area contributed by atoms with Crippen LogP contribution in [0.2, 0.25) is 0 Å². The van der Waals surface area contributed by atoms with E-state index in [9.17, 15) is 9.59 Å². The Balaban J connectivity index is 1.55. The molecular weight excluding hydrogens is 414 g/mol. The molecule has 0 unspecified atom stereocenters. The molecule has 1 heterocycles. The number of hydrogen-bond donors (Lipinski definition) is 2. The van der Waals surface area contributed by atoms with E-state index in [0.29, 0.717) is 29.8 Å². The van der Waals surface area contributed by atoms with Crippen LogP contribution in [0.25, 0.3) is 0 Å². The highest BCUT2D eigenvalue weighted by molar-refractivity contribution is 7.99. The minimum atomic E-state index is -0.190. The van der Waals surface area contributed by atoms with Crippen LogP contribution in [0.1, 0.15) is 19.7 Å². The Morgan fingerprint density at radius 3 is 2.29 bits per heavy atom. The molecule has 3 aromatic rings. The van der Waals surface area contributed by atoms with Crippen LogP contribution < -0.4 is 15.4 Å². The number of ether oxygens (including phenoxy) is 1. The number of para-hydroxylation sites is 1. The number of hydrogen-bond acceptors (Lipinski definition) is 6. The predicted octanol–water partition coefficient (Wildman–Crippen LogP) is 3.61. The molecule has 0 aliphatic heterocycles. The van der Waals surface area contributed by atoms with Crippen molar-refractivity contribution in [3.63, 3.8) is 0 Å². The zero-order chi connectivity index (χ0) is 22.1. The Bertz CT molecular complexity index is 1010. The number of nitrogens with zero attached hydrogens (tertiary/aromatic N) is 3. The van der Waals surface area contributed by atoms with E-state index < -0.39 is 0 Å². The lowest BCUT2D eigenvalue weighted by Crippen LogP contribution is -2.18. The molecule has 2 amide bonds. The molecule has 31 heavy (non-hydrogen) atoms. The van der Waals surface area contributed by atoms with Crippen molar-refractivity contribution in [1.29, 1.82) is 0 Å². The minimum absolute atomic E-state index is 0.0881. The Kier molecular flexibility index (Phi) is 8.05. The number of benzene rings is 2. The molecule has 0 fully saturated rings. The van der Waals surface area contributed by atoms with Crippen LogP contribution in [-0.2, 0) is 22.6 Å². The summed E-state index contributed by atoms with van der Waals surface area (Å²) in [6, 6.07) is 16.5. The van der Waals surface area contributed by atoms with Crippen LogP contribution in [0.4, 0.5) is 11.4 Å². The fourth-order valence-electron chi connectivity index (χ4n) is 2.87.